The van der Waals surface area contributed by atoms with Crippen LogP contribution in [0, 0.1) is 0 Å². The monoisotopic (exact) mass is 451 g/mol. The number of morpholine rings is 1. The van der Waals surface area contributed by atoms with Crippen LogP contribution in [-0.4, -0.2) is 62.3 Å². The van der Waals surface area contributed by atoms with Gasteiger partial charge in [0.15, 0.2) is 0 Å². The van der Waals surface area contributed by atoms with E-state index in [9.17, 15) is 18.0 Å². The Hall–Kier alpha value is -2.78. The van der Waals surface area contributed by atoms with Gasteiger partial charge in [-0.2, -0.15) is 13.2 Å². The Morgan fingerprint density at radius 2 is 1.81 bits per heavy atom. The molecule has 2 aromatic carbocycles. The number of methoxy groups -OCH3 is 1. The number of nitrogens with one attached hydrogen (secondary N) is 1. The average molecular weight is 451 g/mol. The van der Waals surface area contributed by atoms with Crippen LogP contribution < -0.4 is 10.1 Å². The van der Waals surface area contributed by atoms with Crippen LogP contribution >= 0.6 is 0 Å². The van der Waals surface area contributed by atoms with Gasteiger partial charge in [-0.05, 0) is 36.8 Å². The van der Waals surface area contributed by atoms with E-state index in [-0.39, 0.29) is 6.03 Å². The van der Waals surface area contributed by atoms with Crippen molar-refractivity contribution >= 4 is 11.7 Å². The number of hydrogen-bond donors (Lipinski definition) is 1. The summed E-state index contributed by atoms with van der Waals surface area (Å²) < 4.78 is 49.2. The van der Waals surface area contributed by atoms with Crippen LogP contribution in [0.15, 0.2) is 48.5 Å². The molecule has 0 atom stereocenters. The summed E-state index contributed by atoms with van der Waals surface area (Å²) in [6.45, 7) is 4.79. The number of anilines is 1. The lowest BCUT2D eigenvalue weighted by molar-refractivity contribution is -0.137. The van der Waals surface area contributed by atoms with Gasteiger partial charge in [0.25, 0.3) is 0 Å². The average Bonchev–Trinajstić information content (AvgIpc) is 2.79. The lowest BCUT2D eigenvalue weighted by Gasteiger charge is -2.28. The summed E-state index contributed by atoms with van der Waals surface area (Å²) in [5, 5.41) is 2.71. The third kappa shape index (κ3) is 6.86. The van der Waals surface area contributed by atoms with E-state index < -0.39 is 11.7 Å². The lowest BCUT2D eigenvalue weighted by atomic mass is 10.2. The minimum Gasteiger partial charge on any atom is -0.496 e. The van der Waals surface area contributed by atoms with Crippen molar-refractivity contribution < 1.29 is 27.4 Å². The fourth-order valence-corrected chi connectivity index (χ4v) is 3.55. The van der Waals surface area contributed by atoms with Crippen molar-refractivity contribution in [3.63, 3.8) is 0 Å². The van der Waals surface area contributed by atoms with E-state index in [4.69, 9.17) is 9.47 Å². The molecule has 1 heterocycles. The number of nitrogens with zero attached hydrogens (tertiary/aromatic N) is 2. The third-order valence-electron chi connectivity index (χ3n) is 5.31. The smallest absolute Gasteiger partial charge is 0.416 e. The minimum absolute atomic E-state index is 0.307. The maximum absolute atomic E-state index is 13.0. The van der Waals surface area contributed by atoms with E-state index in [1.807, 2.05) is 24.3 Å². The standard InChI is InChI=1S/C23H28F3N3O3/c1-31-21-6-3-2-5-18(21)17-29(12-4-11-28-13-15-32-16-14-28)22(30)27-20-9-7-19(8-10-20)23(24,25)26/h2-3,5-10H,4,11-17H2,1H3,(H,27,30). The number of ether oxygens (including phenoxy) is 2. The van der Waals surface area contributed by atoms with Gasteiger partial charge in [-0.25, -0.2) is 4.79 Å². The molecule has 1 aliphatic rings. The summed E-state index contributed by atoms with van der Waals surface area (Å²) in [5.74, 6) is 0.674. The summed E-state index contributed by atoms with van der Waals surface area (Å²) in [6, 6.07) is 11.5. The van der Waals surface area contributed by atoms with Gasteiger partial charge in [-0.15, -0.1) is 0 Å². The molecule has 2 amide bonds. The summed E-state index contributed by atoms with van der Waals surface area (Å²) in [5.41, 5.74) is 0.400. The number of benzene rings is 2. The number of para-hydroxylation sites is 1. The molecule has 0 radical (unpaired) electrons. The number of halogens is 3. The van der Waals surface area contributed by atoms with E-state index >= 15 is 0 Å². The molecule has 1 N–H and O–H groups in total. The number of urea groups is 1. The van der Waals surface area contributed by atoms with E-state index in [1.54, 1.807) is 12.0 Å². The Kier molecular flexibility index (Phi) is 8.35. The van der Waals surface area contributed by atoms with Crippen molar-refractivity contribution in [2.75, 3.05) is 51.8 Å². The van der Waals surface area contributed by atoms with Crippen molar-refractivity contribution in [1.82, 2.24) is 9.80 Å². The van der Waals surface area contributed by atoms with Gasteiger partial charge < -0.3 is 19.7 Å². The summed E-state index contributed by atoms with van der Waals surface area (Å²) >= 11 is 0. The Morgan fingerprint density at radius 1 is 1.12 bits per heavy atom. The molecule has 1 saturated heterocycles. The number of rotatable bonds is 8. The SMILES string of the molecule is COc1ccccc1CN(CCCN1CCOCC1)C(=O)Nc1ccc(C(F)(F)F)cc1. The maximum Gasteiger partial charge on any atom is 0.416 e. The van der Waals surface area contributed by atoms with Gasteiger partial charge in [0.2, 0.25) is 0 Å². The number of hydrogen-bond acceptors (Lipinski definition) is 4. The van der Waals surface area contributed by atoms with E-state index in [0.717, 1.165) is 43.8 Å². The largest absolute Gasteiger partial charge is 0.496 e. The normalized spacial score (nSPS) is 14.8. The first-order valence-corrected chi connectivity index (χ1v) is 10.5. The van der Waals surface area contributed by atoms with E-state index in [2.05, 4.69) is 10.2 Å². The zero-order chi connectivity index (χ0) is 23.0. The molecule has 0 aliphatic carbocycles. The molecule has 0 unspecified atom stereocenters. The Labute approximate surface area is 185 Å². The number of carbonyl (C=O) groups excluding carboxylic acids is 1. The fraction of sp³-hybridized carbons (Fsp3) is 0.435. The molecule has 0 aromatic heterocycles. The molecule has 0 saturated carbocycles. The van der Waals surface area contributed by atoms with Crippen LogP contribution in [0.25, 0.3) is 0 Å². The predicted molar refractivity (Wildman–Crippen MR) is 116 cm³/mol. The van der Waals surface area contributed by atoms with Crippen molar-refractivity contribution in [3.8, 4) is 5.75 Å². The second-order valence-corrected chi connectivity index (χ2v) is 7.55. The molecule has 174 valence electrons. The third-order valence-corrected chi connectivity index (χ3v) is 5.31. The first-order chi connectivity index (χ1) is 15.4. The Balaban J connectivity index is 1.67. The molecule has 0 spiro atoms. The highest BCUT2D eigenvalue weighted by molar-refractivity contribution is 5.89. The highest BCUT2D eigenvalue weighted by atomic mass is 19.4. The van der Waals surface area contributed by atoms with Crippen LogP contribution in [0.5, 0.6) is 5.75 Å². The van der Waals surface area contributed by atoms with Crippen molar-refractivity contribution in [1.29, 1.82) is 0 Å². The van der Waals surface area contributed by atoms with Crippen LogP contribution in [0.2, 0.25) is 0 Å². The Bertz CT molecular complexity index is 869. The zero-order valence-electron chi connectivity index (χ0n) is 18.0. The molecule has 1 fully saturated rings. The van der Waals surface area contributed by atoms with Crippen LogP contribution in [0.4, 0.5) is 23.7 Å². The second-order valence-electron chi connectivity index (χ2n) is 7.55. The van der Waals surface area contributed by atoms with Gasteiger partial charge in [0.1, 0.15) is 5.75 Å². The van der Waals surface area contributed by atoms with E-state index in [1.165, 1.54) is 12.1 Å². The molecule has 32 heavy (non-hydrogen) atoms. The molecular weight excluding hydrogens is 423 g/mol. The first kappa shape index (κ1) is 23.9. The molecule has 6 nitrogen and oxygen atoms in total. The van der Waals surface area contributed by atoms with Crippen LogP contribution in [0.3, 0.4) is 0 Å². The van der Waals surface area contributed by atoms with Gasteiger partial charge >= 0.3 is 12.2 Å². The summed E-state index contributed by atoms with van der Waals surface area (Å²) in [4.78, 5) is 16.9. The zero-order valence-corrected chi connectivity index (χ0v) is 18.0. The van der Waals surface area contributed by atoms with Crippen LogP contribution in [0.1, 0.15) is 17.5 Å². The summed E-state index contributed by atoms with van der Waals surface area (Å²) in [7, 11) is 1.57. The Morgan fingerprint density at radius 3 is 2.47 bits per heavy atom. The molecular formula is C23H28F3N3O3. The first-order valence-electron chi connectivity index (χ1n) is 10.5. The predicted octanol–water partition coefficient (Wildman–Crippen LogP) is 4.47. The lowest BCUT2D eigenvalue weighted by Crippen LogP contribution is -2.40. The summed E-state index contributed by atoms with van der Waals surface area (Å²) in [6.07, 6.45) is -3.66. The van der Waals surface area contributed by atoms with Crippen LogP contribution in [-0.2, 0) is 17.5 Å². The molecule has 2 aromatic rings. The van der Waals surface area contributed by atoms with Gasteiger partial charge in [0, 0.05) is 37.4 Å². The fourth-order valence-electron chi connectivity index (χ4n) is 3.55. The highest BCUT2D eigenvalue weighted by Gasteiger charge is 2.30. The quantitative estimate of drug-likeness (QED) is 0.644. The minimum atomic E-state index is -4.42. The second kappa shape index (κ2) is 11.2. The molecule has 9 heteroatoms. The molecule has 3 rings (SSSR count). The molecule has 1 aliphatic heterocycles. The van der Waals surface area contributed by atoms with Crippen molar-refractivity contribution in [2.24, 2.45) is 0 Å². The number of alkyl halides is 3. The van der Waals surface area contributed by atoms with Gasteiger partial charge in [0.05, 0.1) is 32.4 Å². The number of carbonyl (C=O) groups is 1. The van der Waals surface area contributed by atoms with E-state index in [0.29, 0.717) is 37.7 Å². The topological polar surface area (TPSA) is 54.0 Å². The maximum atomic E-state index is 13.0. The highest BCUT2D eigenvalue weighted by Crippen LogP contribution is 2.30. The van der Waals surface area contributed by atoms with Crippen molar-refractivity contribution in [3.05, 3.63) is 59.7 Å². The molecule has 0 bridgehead atoms. The van der Waals surface area contributed by atoms with Gasteiger partial charge in [-0.3, -0.25) is 4.90 Å². The van der Waals surface area contributed by atoms with Crippen molar-refractivity contribution in [2.45, 2.75) is 19.1 Å². The van der Waals surface area contributed by atoms with Gasteiger partial charge in [-0.1, -0.05) is 18.2 Å². The number of amides is 2.